The molecule has 2 rings (SSSR count). The SMILES string of the molecule is CCN1CCCC1CNC(N)=NCc1c(F)cccc1OC(F)F.I. The van der Waals surface area contributed by atoms with Crippen molar-refractivity contribution in [3.63, 3.8) is 0 Å². The summed E-state index contributed by atoms with van der Waals surface area (Å²) in [4.78, 5) is 6.39. The van der Waals surface area contributed by atoms with Gasteiger partial charge in [0.2, 0.25) is 0 Å². The quantitative estimate of drug-likeness (QED) is 0.364. The first-order valence-corrected chi connectivity index (χ1v) is 8.01. The van der Waals surface area contributed by atoms with Crippen LogP contribution in [0.5, 0.6) is 5.75 Å². The van der Waals surface area contributed by atoms with Crippen LogP contribution in [0.2, 0.25) is 0 Å². The fourth-order valence-electron chi connectivity index (χ4n) is 2.88. The van der Waals surface area contributed by atoms with Crippen molar-refractivity contribution in [2.24, 2.45) is 10.7 Å². The average molecular weight is 472 g/mol. The fourth-order valence-corrected chi connectivity index (χ4v) is 2.88. The zero-order valence-corrected chi connectivity index (χ0v) is 16.4. The summed E-state index contributed by atoms with van der Waals surface area (Å²) < 4.78 is 42.9. The topological polar surface area (TPSA) is 62.9 Å². The minimum absolute atomic E-state index is 0. The van der Waals surface area contributed by atoms with Crippen molar-refractivity contribution < 1.29 is 17.9 Å². The van der Waals surface area contributed by atoms with Crippen LogP contribution in [0.1, 0.15) is 25.3 Å². The first-order valence-electron chi connectivity index (χ1n) is 8.01. The van der Waals surface area contributed by atoms with E-state index in [9.17, 15) is 13.2 Å². The molecule has 1 aliphatic heterocycles. The molecule has 1 aromatic rings. The van der Waals surface area contributed by atoms with E-state index in [-0.39, 0.29) is 47.8 Å². The first kappa shape index (κ1) is 21.8. The number of likely N-dealkylation sites (N-methyl/N-ethyl adjacent to an activating group) is 1. The number of hydrogen-bond donors (Lipinski definition) is 2. The van der Waals surface area contributed by atoms with Crippen molar-refractivity contribution >= 4 is 29.9 Å². The summed E-state index contributed by atoms with van der Waals surface area (Å²) in [6, 6.07) is 4.16. The number of ether oxygens (including phenoxy) is 1. The van der Waals surface area contributed by atoms with Gasteiger partial charge in [-0.1, -0.05) is 13.0 Å². The lowest BCUT2D eigenvalue weighted by atomic mass is 10.2. The molecule has 0 aliphatic carbocycles. The Morgan fingerprint density at radius 1 is 1.48 bits per heavy atom. The van der Waals surface area contributed by atoms with E-state index in [4.69, 9.17) is 5.73 Å². The minimum atomic E-state index is -3.02. The highest BCUT2D eigenvalue weighted by Crippen LogP contribution is 2.24. The van der Waals surface area contributed by atoms with Crippen LogP contribution in [0.4, 0.5) is 13.2 Å². The number of likely N-dealkylation sites (tertiary alicyclic amines) is 1. The average Bonchev–Trinajstić information content (AvgIpc) is 2.99. The molecule has 1 saturated heterocycles. The van der Waals surface area contributed by atoms with Gasteiger partial charge in [0.05, 0.1) is 12.1 Å². The Hall–Kier alpha value is -1.23. The summed E-state index contributed by atoms with van der Waals surface area (Å²) in [5, 5.41) is 3.01. The number of nitrogens with zero attached hydrogens (tertiary/aromatic N) is 2. The van der Waals surface area contributed by atoms with Crippen molar-refractivity contribution in [1.29, 1.82) is 0 Å². The van der Waals surface area contributed by atoms with Crippen LogP contribution in [0.3, 0.4) is 0 Å². The Morgan fingerprint density at radius 3 is 2.92 bits per heavy atom. The van der Waals surface area contributed by atoms with E-state index in [1.165, 1.54) is 18.2 Å². The maximum atomic E-state index is 13.8. The third-order valence-electron chi connectivity index (χ3n) is 4.12. The first-order chi connectivity index (χ1) is 11.5. The molecule has 1 heterocycles. The van der Waals surface area contributed by atoms with Gasteiger partial charge in [-0.3, -0.25) is 4.90 Å². The van der Waals surface area contributed by atoms with E-state index in [2.05, 4.69) is 26.9 Å². The highest BCUT2D eigenvalue weighted by molar-refractivity contribution is 14.0. The lowest BCUT2D eigenvalue weighted by molar-refractivity contribution is -0.0506. The van der Waals surface area contributed by atoms with E-state index < -0.39 is 12.4 Å². The molecule has 1 fully saturated rings. The number of rotatable bonds is 7. The third-order valence-corrected chi connectivity index (χ3v) is 4.12. The lowest BCUT2D eigenvalue weighted by Gasteiger charge is -2.23. The van der Waals surface area contributed by atoms with Gasteiger partial charge in [0.15, 0.2) is 5.96 Å². The summed E-state index contributed by atoms with van der Waals surface area (Å²) in [7, 11) is 0. The van der Waals surface area contributed by atoms with Crippen LogP contribution < -0.4 is 15.8 Å². The Bertz CT molecular complexity index is 574. The minimum Gasteiger partial charge on any atom is -0.434 e. The summed E-state index contributed by atoms with van der Waals surface area (Å²) in [5.74, 6) is -0.726. The molecule has 1 atom stereocenters. The summed E-state index contributed by atoms with van der Waals surface area (Å²) in [6.07, 6.45) is 2.24. The maximum Gasteiger partial charge on any atom is 0.387 e. The van der Waals surface area contributed by atoms with Crippen molar-refractivity contribution in [1.82, 2.24) is 10.2 Å². The van der Waals surface area contributed by atoms with Crippen LogP contribution in [0.25, 0.3) is 0 Å². The van der Waals surface area contributed by atoms with Crippen molar-refractivity contribution in [3.05, 3.63) is 29.6 Å². The molecule has 0 saturated carbocycles. The van der Waals surface area contributed by atoms with E-state index in [0.29, 0.717) is 12.6 Å². The van der Waals surface area contributed by atoms with Crippen LogP contribution in [0.15, 0.2) is 23.2 Å². The Kier molecular flexibility index (Phi) is 9.33. The molecule has 142 valence electrons. The molecule has 1 aliphatic rings. The molecular formula is C16H24F3IN4O. The predicted octanol–water partition coefficient (Wildman–Crippen LogP) is 2.93. The normalized spacial score (nSPS) is 18.3. The molecule has 1 aromatic carbocycles. The van der Waals surface area contributed by atoms with E-state index in [1.54, 1.807) is 0 Å². The summed E-state index contributed by atoms with van der Waals surface area (Å²) in [6.45, 7) is 1.62. The van der Waals surface area contributed by atoms with Gasteiger partial charge in [0.25, 0.3) is 0 Å². The third kappa shape index (κ3) is 6.53. The van der Waals surface area contributed by atoms with Gasteiger partial charge in [-0.05, 0) is 38.1 Å². The monoisotopic (exact) mass is 472 g/mol. The summed E-state index contributed by atoms with van der Waals surface area (Å²) in [5.41, 5.74) is 5.75. The largest absolute Gasteiger partial charge is 0.434 e. The Labute approximate surface area is 162 Å². The number of halogens is 4. The molecule has 5 nitrogen and oxygen atoms in total. The number of nitrogens with one attached hydrogen (secondary N) is 1. The molecule has 0 amide bonds. The number of benzene rings is 1. The van der Waals surface area contributed by atoms with Crippen LogP contribution in [-0.4, -0.2) is 43.1 Å². The Balaban J connectivity index is 0.00000312. The van der Waals surface area contributed by atoms with Gasteiger partial charge >= 0.3 is 6.61 Å². The maximum absolute atomic E-state index is 13.8. The second-order valence-electron chi connectivity index (χ2n) is 5.60. The van der Waals surface area contributed by atoms with E-state index >= 15 is 0 Å². The van der Waals surface area contributed by atoms with Gasteiger partial charge in [0, 0.05) is 12.6 Å². The number of hydrogen-bond acceptors (Lipinski definition) is 3. The Morgan fingerprint density at radius 2 is 2.24 bits per heavy atom. The lowest BCUT2D eigenvalue weighted by Crippen LogP contribution is -2.42. The number of aliphatic imine (C=N–C) groups is 1. The smallest absolute Gasteiger partial charge is 0.387 e. The zero-order valence-electron chi connectivity index (χ0n) is 14.1. The van der Waals surface area contributed by atoms with Gasteiger partial charge < -0.3 is 15.8 Å². The van der Waals surface area contributed by atoms with Gasteiger partial charge in [-0.2, -0.15) is 8.78 Å². The van der Waals surface area contributed by atoms with Crippen molar-refractivity contribution in [3.8, 4) is 5.75 Å². The molecule has 25 heavy (non-hydrogen) atoms. The highest BCUT2D eigenvalue weighted by atomic mass is 127. The van der Waals surface area contributed by atoms with Gasteiger partial charge in [-0.15, -0.1) is 24.0 Å². The van der Waals surface area contributed by atoms with Crippen LogP contribution in [0, 0.1) is 5.82 Å². The van der Waals surface area contributed by atoms with Gasteiger partial charge in [-0.25, -0.2) is 9.38 Å². The molecule has 0 bridgehead atoms. The second-order valence-corrected chi connectivity index (χ2v) is 5.60. The molecule has 3 N–H and O–H groups in total. The highest BCUT2D eigenvalue weighted by Gasteiger charge is 2.22. The van der Waals surface area contributed by atoms with E-state index in [1.807, 2.05) is 0 Å². The fraction of sp³-hybridized carbons (Fsp3) is 0.562. The second kappa shape index (κ2) is 10.7. The van der Waals surface area contributed by atoms with Gasteiger partial charge in [0.1, 0.15) is 11.6 Å². The number of nitrogens with two attached hydrogens (primary N) is 1. The van der Waals surface area contributed by atoms with Crippen molar-refractivity contribution in [2.75, 3.05) is 19.6 Å². The zero-order chi connectivity index (χ0) is 17.5. The molecular weight excluding hydrogens is 448 g/mol. The van der Waals surface area contributed by atoms with Crippen LogP contribution >= 0.6 is 24.0 Å². The molecule has 1 unspecified atom stereocenters. The molecule has 0 aromatic heterocycles. The predicted molar refractivity (Wildman–Crippen MR) is 102 cm³/mol. The molecule has 0 radical (unpaired) electrons. The molecule has 9 heteroatoms. The van der Waals surface area contributed by atoms with Crippen molar-refractivity contribution in [2.45, 2.75) is 39.0 Å². The standard InChI is InChI=1S/C16H23F3N4O.HI/c1-2-23-8-4-5-11(23)9-21-16(20)22-10-12-13(17)6-3-7-14(12)24-15(18)19;/h3,6-7,11,15H,2,4-5,8-10H2,1H3,(H3,20,21,22);1H. The van der Waals surface area contributed by atoms with Crippen LogP contribution in [-0.2, 0) is 6.54 Å². The summed E-state index contributed by atoms with van der Waals surface area (Å²) >= 11 is 0. The number of guanidine groups is 1. The number of alkyl halides is 2. The molecule has 0 spiro atoms. The van der Waals surface area contributed by atoms with E-state index in [0.717, 1.165) is 25.9 Å².